The van der Waals surface area contributed by atoms with Crippen molar-refractivity contribution < 1.29 is 13.2 Å². The third-order valence-corrected chi connectivity index (χ3v) is 6.30. The summed E-state index contributed by atoms with van der Waals surface area (Å²) in [6, 6.07) is 8.52. The molecular weight excluding hydrogens is 376 g/mol. The minimum Gasteiger partial charge on any atom is -0.497 e. The van der Waals surface area contributed by atoms with E-state index >= 15 is 0 Å². The number of sulfonamides is 1. The summed E-state index contributed by atoms with van der Waals surface area (Å²) in [6.45, 7) is 0.642. The molecule has 0 unspecified atom stereocenters. The van der Waals surface area contributed by atoms with Crippen molar-refractivity contribution in [2.45, 2.75) is 10.8 Å². The highest BCUT2D eigenvalue weighted by Crippen LogP contribution is 2.30. The molecule has 8 heteroatoms. The molecule has 0 radical (unpaired) electrons. The van der Waals surface area contributed by atoms with Crippen molar-refractivity contribution in [3.05, 3.63) is 39.7 Å². The van der Waals surface area contributed by atoms with Crippen LogP contribution in [0.15, 0.2) is 39.0 Å². The Kier molecular flexibility index (Phi) is 5.26. The van der Waals surface area contributed by atoms with Crippen molar-refractivity contribution in [3.8, 4) is 5.75 Å². The van der Waals surface area contributed by atoms with Gasteiger partial charge in [0.2, 0.25) is 0 Å². The van der Waals surface area contributed by atoms with Crippen LogP contribution in [0.3, 0.4) is 0 Å². The minimum atomic E-state index is -3.60. The molecule has 5 nitrogen and oxygen atoms in total. The van der Waals surface area contributed by atoms with E-state index in [0.29, 0.717) is 22.5 Å². The van der Waals surface area contributed by atoms with Crippen LogP contribution >= 0.6 is 27.3 Å². The van der Waals surface area contributed by atoms with E-state index in [0.717, 1.165) is 4.88 Å². The molecule has 0 saturated carbocycles. The third kappa shape index (κ3) is 3.97. The highest BCUT2D eigenvalue weighted by Gasteiger charge is 2.18. The van der Waals surface area contributed by atoms with Crippen molar-refractivity contribution in [3.63, 3.8) is 0 Å². The summed E-state index contributed by atoms with van der Waals surface area (Å²) in [7, 11) is -0.252. The lowest BCUT2D eigenvalue weighted by Gasteiger charge is -2.10. The molecule has 0 spiro atoms. The number of methoxy groups -OCH3 is 1. The molecule has 1 aromatic heterocycles. The lowest BCUT2D eigenvalue weighted by Crippen LogP contribution is -2.12. The molecule has 0 amide bonds. The number of hydrogen-bond acceptors (Lipinski definition) is 5. The molecule has 0 aliphatic rings. The fourth-order valence-electron chi connectivity index (χ4n) is 1.68. The molecule has 0 fully saturated rings. The molecule has 2 N–H and O–H groups in total. The van der Waals surface area contributed by atoms with E-state index in [4.69, 9.17) is 4.74 Å². The predicted octanol–water partition coefficient (Wildman–Crippen LogP) is 3.04. The van der Waals surface area contributed by atoms with E-state index < -0.39 is 10.0 Å². The highest BCUT2D eigenvalue weighted by atomic mass is 79.9. The summed E-state index contributed by atoms with van der Waals surface area (Å²) in [4.78, 5) is 0.961. The van der Waals surface area contributed by atoms with Crippen LogP contribution in [0.25, 0.3) is 0 Å². The van der Waals surface area contributed by atoms with Crippen LogP contribution in [0.2, 0.25) is 0 Å². The summed E-state index contributed by atoms with van der Waals surface area (Å²) < 4.78 is 33.4. The zero-order valence-corrected chi connectivity index (χ0v) is 14.7. The van der Waals surface area contributed by atoms with Gasteiger partial charge in [-0.25, -0.2) is 8.42 Å². The van der Waals surface area contributed by atoms with Gasteiger partial charge in [-0.3, -0.25) is 4.72 Å². The van der Waals surface area contributed by atoms with Crippen molar-refractivity contribution in [1.82, 2.24) is 5.32 Å². The number of thiophene rings is 1. The second-order valence-electron chi connectivity index (χ2n) is 4.20. The van der Waals surface area contributed by atoms with Gasteiger partial charge in [-0.2, -0.15) is 0 Å². The molecule has 2 rings (SSSR count). The van der Waals surface area contributed by atoms with Crippen molar-refractivity contribution in [2.75, 3.05) is 18.9 Å². The standard InChI is InChI=1S/C13H15BrN2O3S2/c1-15-8-10-4-6-13(20-10)21(17,18)16-12-7-9(19-2)3-5-11(12)14/h3-7,15-16H,8H2,1-2H3. The second kappa shape index (κ2) is 6.78. The SMILES string of the molecule is CNCc1ccc(S(=O)(=O)Nc2cc(OC)ccc2Br)s1. The van der Waals surface area contributed by atoms with Crippen LogP contribution < -0.4 is 14.8 Å². The molecular formula is C13H15BrN2O3S2. The molecule has 0 atom stereocenters. The molecule has 1 heterocycles. The average molecular weight is 391 g/mol. The minimum absolute atomic E-state index is 0.280. The fraction of sp³-hybridized carbons (Fsp3) is 0.231. The molecule has 0 saturated heterocycles. The summed E-state index contributed by atoms with van der Waals surface area (Å²) in [5.74, 6) is 0.581. The van der Waals surface area contributed by atoms with E-state index in [1.165, 1.54) is 18.4 Å². The second-order valence-corrected chi connectivity index (χ2v) is 8.13. The molecule has 1 aromatic carbocycles. The third-order valence-electron chi connectivity index (χ3n) is 2.67. The highest BCUT2D eigenvalue weighted by molar-refractivity contribution is 9.10. The van der Waals surface area contributed by atoms with Gasteiger partial charge in [0.25, 0.3) is 10.0 Å². The van der Waals surface area contributed by atoms with Gasteiger partial charge >= 0.3 is 0 Å². The number of anilines is 1. The van der Waals surface area contributed by atoms with Crippen molar-refractivity contribution in [1.29, 1.82) is 0 Å². The maximum atomic E-state index is 12.4. The van der Waals surface area contributed by atoms with Gasteiger partial charge in [-0.05, 0) is 47.2 Å². The van der Waals surface area contributed by atoms with Crippen LogP contribution in [0, 0.1) is 0 Å². The van der Waals surface area contributed by atoms with Crippen molar-refractivity contribution >= 4 is 43.0 Å². The van der Waals surface area contributed by atoms with Crippen LogP contribution in [-0.4, -0.2) is 22.6 Å². The molecule has 21 heavy (non-hydrogen) atoms. The summed E-state index contributed by atoms with van der Waals surface area (Å²) >= 11 is 4.57. The van der Waals surface area contributed by atoms with Gasteiger partial charge in [0.1, 0.15) is 9.96 Å². The number of rotatable bonds is 6. The van der Waals surface area contributed by atoms with Gasteiger partial charge in [0.15, 0.2) is 0 Å². The van der Waals surface area contributed by atoms with Gasteiger partial charge in [-0.1, -0.05) is 0 Å². The Labute approximate surface area is 136 Å². The first-order valence-electron chi connectivity index (χ1n) is 6.06. The van der Waals surface area contributed by atoms with Crippen molar-refractivity contribution in [2.24, 2.45) is 0 Å². The molecule has 2 aromatic rings. The smallest absolute Gasteiger partial charge is 0.271 e. The zero-order chi connectivity index (χ0) is 15.5. The Morgan fingerprint density at radius 2 is 2.05 bits per heavy atom. The molecule has 0 aliphatic heterocycles. The lowest BCUT2D eigenvalue weighted by molar-refractivity contribution is 0.415. The first-order valence-corrected chi connectivity index (χ1v) is 9.15. The number of hydrogen-bond donors (Lipinski definition) is 2. The monoisotopic (exact) mass is 390 g/mol. The van der Waals surface area contributed by atoms with Gasteiger partial charge in [0.05, 0.1) is 12.8 Å². The Bertz CT molecular complexity index is 729. The topological polar surface area (TPSA) is 67.4 Å². The largest absolute Gasteiger partial charge is 0.497 e. The van der Waals surface area contributed by atoms with Crippen LogP contribution in [0.1, 0.15) is 4.88 Å². The Hall–Kier alpha value is -1.09. The van der Waals surface area contributed by atoms with E-state index in [1.54, 1.807) is 30.3 Å². The van der Waals surface area contributed by atoms with Gasteiger partial charge < -0.3 is 10.1 Å². The van der Waals surface area contributed by atoms with Crippen LogP contribution in [-0.2, 0) is 16.6 Å². The maximum Gasteiger partial charge on any atom is 0.271 e. The fourth-order valence-corrected chi connectivity index (χ4v) is 4.59. The normalized spacial score (nSPS) is 11.4. The average Bonchev–Trinajstić information content (AvgIpc) is 2.91. The predicted molar refractivity (Wildman–Crippen MR) is 88.6 cm³/mol. The first-order chi connectivity index (χ1) is 9.96. The summed E-state index contributed by atoms with van der Waals surface area (Å²) in [5, 5.41) is 2.99. The number of halogens is 1. The molecule has 114 valence electrons. The quantitative estimate of drug-likeness (QED) is 0.795. The summed E-state index contributed by atoms with van der Waals surface area (Å²) in [6.07, 6.45) is 0. The molecule has 0 aliphatic carbocycles. The number of nitrogens with one attached hydrogen (secondary N) is 2. The Morgan fingerprint density at radius 3 is 2.71 bits per heavy atom. The van der Waals surface area contributed by atoms with Crippen LogP contribution in [0.5, 0.6) is 5.75 Å². The Balaban J connectivity index is 2.28. The lowest BCUT2D eigenvalue weighted by atomic mass is 10.3. The number of ether oxygens (including phenoxy) is 1. The zero-order valence-electron chi connectivity index (χ0n) is 11.5. The van der Waals surface area contributed by atoms with E-state index in [9.17, 15) is 8.42 Å². The van der Waals surface area contributed by atoms with Gasteiger partial charge in [0, 0.05) is 22.0 Å². The van der Waals surface area contributed by atoms with E-state index in [-0.39, 0.29) is 4.21 Å². The van der Waals surface area contributed by atoms with E-state index in [1.807, 2.05) is 7.05 Å². The van der Waals surface area contributed by atoms with E-state index in [2.05, 4.69) is 26.0 Å². The van der Waals surface area contributed by atoms with Gasteiger partial charge in [-0.15, -0.1) is 11.3 Å². The van der Waals surface area contributed by atoms with Crippen LogP contribution in [0.4, 0.5) is 5.69 Å². The Morgan fingerprint density at radius 1 is 1.29 bits per heavy atom. The first kappa shape index (κ1) is 16.3. The summed E-state index contributed by atoms with van der Waals surface area (Å²) in [5.41, 5.74) is 0.443. The molecule has 0 bridgehead atoms. The maximum absolute atomic E-state index is 12.4. The number of benzene rings is 1.